The Bertz CT molecular complexity index is 561. The number of methoxy groups -OCH3 is 1. The van der Waals surface area contributed by atoms with Gasteiger partial charge in [0.15, 0.2) is 5.79 Å². The van der Waals surface area contributed by atoms with Crippen molar-refractivity contribution in [2.24, 2.45) is 0 Å². The highest BCUT2D eigenvalue weighted by Crippen LogP contribution is 2.33. The second kappa shape index (κ2) is 9.15. The molecule has 0 aromatic rings. The van der Waals surface area contributed by atoms with E-state index in [4.69, 9.17) is 14.2 Å². The maximum Gasteiger partial charge on any atom is 0.344 e. The van der Waals surface area contributed by atoms with Crippen molar-refractivity contribution in [3.8, 4) is 0 Å². The molecule has 24 heavy (non-hydrogen) atoms. The molecule has 0 unspecified atom stereocenters. The fourth-order valence-corrected chi connectivity index (χ4v) is 2.49. The molecule has 0 amide bonds. The minimum atomic E-state index is -0.797. The highest BCUT2D eigenvalue weighted by Gasteiger charge is 2.41. The molecule has 0 radical (unpaired) electrons. The van der Waals surface area contributed by atoms with E-state index in [1.54, 1.807) is 39.0 Å². The number of carbonyl (C=O) groups is 2. The Morgan fingerprint density at radius 1 is 1.29 bits per heavy atom. The zero-order valence-electron chi connectivity index (χ0n) is 14.5. The summed E-state index contributed by atoms with van der Waals surface area (Å²) in [6.45, 7) is 7.47. The Kier molecular flexibility index (Phi) is 7.86. The molecule has 6 nitrogen and oxygen atoms in total. The Balaban J connectivity index is 2.95. The van der Waals surface area contributed by atoms with Crippen LogP contribution in [0.2, 0.25) is 0 Å². The van der Waals surface area contributed by atoms with Crippen molar-refractivity contribution in [2.75, 3.05) is 13.7 Å². The third kappa shape index (κ3) is 6.22. The third-order valence-corrected chi connectivity index (χ3v) is 3.74. The lowest BCUT2D eigenvalue weighted by atomic mass is 10.1. The Morgan fingerprint density at radius 2 is 1.96 bits per heavy atom. The molecule has 1 aliphatic heterocycles. The average Bonchev–Trinajstić information content (AvgIpc) is 2.81. The Morgan fingerprint density at radius 3 is 2.54 bits per heavy atom. The summed E-state index contributed by atoms with van der Waals surface area (Å²) in [4.78, 5) is 22.8. The van der Waals surface area contributed by atoms with Gasteiger partial charge in [-0.05, 0) is 55.3 Å². The number of allylic oxidation sites excluding steroid dienone is 2. The molecule has 0 N–H and O–H groups in total. The van der Waals surface area contributed by atoms with Gasteiger partial charge in [-0.1, -0.05) is 12.2 Å². The van der Waals surface area contributed by atoms with Gasteiger partial charge in [0.25, 0.3) is 0 Å². The van der Waals surface area contributed by atoms with Crippen molar-refractivity contribution in [2.45, 2.75) is 45.7 Å². The molecule has 0 aromatic carbocycles. The summed E-state index contributed by atoms with van der Waals surface area (Å²) in [5, 5.41) is 0. The summed E-state index contributed by atoms with van der Waals surface area (Å²) in [6, 6.07) is 0. The van der Waals surface area contributed by atoms with Gasteiger partial charge in [-0.2, -0.15) is 0 Å². The van der Waals surface area contributed by atoms with E-state index in [1.807, 2.05) is 6.92 Å². The van der Waals surface area contributed by atoms with E-state index >= 15 is 0 Å². The molecule has 0 aliphatic carbocycles. The molecule has 7 heteroatoms. The molecule has 0 saturated carbocycles. The standard InChI is InChI=1S/C17H23BrO6/c1-6-22-16(20)12(18)10-13-15(24-17(3,4)23-13)11(2)8-7-9-14(19)21-5/h7-10,13,15H,6H2,1-5H3/b9-7+,11-8+,12-10+/t13-,15-/m0/s1. The van der Waals surface area contributed by atoms with E-state index in [9.17, 15) is 9.59 Å². The second-order valence-electron chi connectivity index (χ2n) is 5.55. The van der Waals surface area contributed by atoms with Crippen LogP contribution in [0.5, 0.6) is 0 Å². The fourth-order valence-electron chi connectivity index (χ4n) is 2.12. The van der Waals surface area contributed by atoms with E-state index in [0.717, 1.165) is 5.57 Å². The van der Waals surface area contributed by atoms with Gasteiger partial charge in [-0.3, -0.25) is 0 Å². The number of halogens is 1. The van der Waals surface area contributed by atoms with Gasteiger partial charge in [-0.25, -0.2) is 9.59 Å². The first-order valence-corrected chi connectivity index (χ1v) is 8.32. The topological polar surface area (TPSA) is 71.1 Å². The van der Waals surface area contributed by atoms with Crippen LogP contribution in [0, 0.1) is 0 Å². The van der Waals surface area contributed by atoms with Crippen LogP contribution in [0.4, 0.5) is 0 Å². The summed E-state index contributed by atoms with van der Waals surface area (Å²) in [5.41, 5.74) is 0.839. The van der Waals surface area contributed by atoms with Crippen molar-refractivity contribution in [3.05, 3.63) is 34.4 Å². The quantitative estimate of drug-likeness (QED) is 0.386. The van der Waals surface area contributed by atoms with Crippen molar-refractivity contribution >= 4 is 27.9 Å². The molecule has 1 saturated heterocycles. The summed E-state index contributed by atoms with van der Waals surface area (Å²) >= 11 is 3.21. The molecule has 0 aromatic heterocycles. The molecule has 134 valence electrons. The van der Waals surface area contributed by atoms with Gasteiger partial charge in [0.2, 0.25) is 0 Å². The maximum absolute atomic E-state index is 11.7. The van der Waals surface area contributed by atoms with Gasteiger partial charge in [0, 0.05) is 6.08 Å². The number of hydrogen-bond acceptors (Lipinski definition) is 6. The normalized spacial score (nSPS) is 24.2. The smallest absolute Gasteiger partial charge is 0.344 e. The SMILES string of the molecule is CCOC(=O)/C(Br)=C\[C@@H]1OC(C)(C)O[C@H]1/C(C)=C/C=C/C(=O)OC. The van der Waals surface area contributed by atoms with Gasteiger partial charge in [-0.15, -0.1) is 0 Å². The second-order valence-corrected chi connectivity index (χ2v) is 6.40. The summed E-state index contributed by atoms with van der Waals surface area (Å²) in [5.74, 6) is -1.70. The van der Waals surface area contributed by atoms with E-state index in [2.05, 4.69) is 20.7 Å². The minimum Gasteiger partial charge on any atom is -0.466 e. The van der Waals surface area contributed by atoms with Gasteiger partial charge in [0.05, 0.1) is 13.7 Å². The van der Waals surface area contributed by atoms with Crippen LogP contribution in [0.3, 0.4) is 0 Å². The highest BCUT2D eigenvalue weighted by atomic mass is 79.9. The predicted molar refractivity (Wildman–Crippen MR) is 92.4 cm³/mol. The van der Waals surface area contributed by atoms with Gasteiger partial charge < -0.3 is 18.9 Å². The number of carbonyl (C=O) groups excluding carboxylic acids is 2. The first kappa shape index (κ1) is 20.6. The average molecular weight is 403 g/mol. The molecular formula is C17H23BrO6. The van der Waals surface area contributed by atoms with Crippen molar-refractivity contribution in [3.63, 3.8) is 0 Å². The van der Waals surface area contributed by atoms with E-state index in [1.165, 1.54) is 13.2 Å². The monoisotopic (exact) mass is 402 g/mol. The van der Waals surface area contributed by atoms with Crippen molar-refractivity contribution < 1.29 is 28.5 Å². The predicted octanol–water partition coefficient (Wildman–Crippen LogP) is 3.02. The minimum absolute atomic E-state index is 0.276. The largest absolute Gasteiger partial charge is 0.466 e. The van der Waals surface area contributed by atoms with Crippen LogP contribution in [-0.2, 0) is 28.5 Å². The zero-order valence-corrected chi connectivity index (χ0v) is 16.1. The lowest BCUT2D eigenvalue weighted by Crippen LogP contribution is -2.23. The number of ether oxygens (including phenoxy) is 4. The maximum atomic E-state index is 11.7. The van der Waals surface area contributed by atoms with Crippen LogP contribution in [0.25, 0.3) is 0 Å². The van der Waals surface area contributed by atoms with E-state index in [-0.39, 0.29) is 11.1 Å². The third-order valence-electron chi connectivity index (χ3n) is 3.15. The summed E-state index contributed by atoms with van der Waals surface area (Å²) in [7, 11) is 1.31. The van der Waals surface area contributed by atoms with Crippen molar-refractivity contribution in [1.29, 1.82) is 0 Å². The Labute approximate surface area is 150 Å². The number of esters is 2. The van der Waals surface area contributed by atoms with Crippen LogP contribution < -0.4 is 0 Å². The Hall–Kier alpha value is -1.44. The molecular weight excluding hydrogens is 380 g/mol. The molecule has 0 spiro atoms. The number of rotatable bonds is 6. The van der Waals surface area contributed by atoms with Crippen LogP contribution in [-0.4, -0.2) is 43.7 Å². The first-order valence-electron chi connectivity index (χ1n) is 7.53. The van der Waals surface area contributed by atoms with Gasteiger partial charge >= 0.3 is 11.9 Å². The summed E-state index contributed by atoms with van der Waals surface area (Å²) in [6.07, 6.45) is 5.39. The van der Waals surface area contributed by atoms with Crippen LogP contribution in [0.1, 0.15) is 27.7 Å². The first-order chi connectivity index (χ1) is 11.2. The molecule has 1 rings (SSSR count). The van der Waals surface area contributed by atoms with Crippen LogP contribution in [0.15, 0.2) is 34.4 Å². The summed E-state index contributed by atoms with van der Waals surface area (Å²) < 4.78 is 21.5. The fraction of sp³-hybridized carbons (Fsp3) is 0.529. The lowest BCUT2D eigenvalue weighted by molar-refractivity contribution is -0.141. The number of hydrogen-bond donors (Lipinski definition) is 0. The van der Waals surface area contributed by atoms with Crippen LogP contribution >= 0.6 is 15.9 Å². The lowest BCUT2D eigenvalue weighted by Gasteiger charge is -2.16. The molecule has 1 fully saturated rings. The highest BCUT2D eigenvalue weighted by molar-refractivity contribution is 9.12. The van der Waals surface area contributed by atoms with E-state index < -0.39 is 29.9 Å². The van der Waals surface area contributed by atoms with Gasteiger partial charge in [0.1, 0.15) is 16.7 Å². The zero-order chi connectivity index (χ0) is 18.3. The van der Waals surface area contributed by atoms with Crippen molar-refractivity contribution in [1.82, 2.24) is 0 Å². The van der Waals surface area contributed by atoms with E-state index in [0.29, 0.717) is 0 Å². The molecule has 1 heterocycles. The molecule has 1 aliphatic rings. The molecule has 0 bridgehead atoms. The molecule has 2 atom stereocenters.